The van der Waals surface area contributed by atoms with E-state index in [1.54, 1.807) is 0 Å². The Morgan fingerprint density at radius 3 is 1.56 bits per heavy atom. The minimum atomic E-state index is 0.569. The average Bonchev–Trinajstić information content (AvgIpc) is 4.12. The lowest BCUT2D eigenvalue weighted by atomic mass is 10.0. The number of hydrogen-bond donors (Lipinski definition) is 0. The number of benzene rings is 9. The van der Waals surface area contributed by atoms with Crippen molar-refractivity contribution in [2.45, 2.75) is 0 Å². The van der Waals surface area contributed by atoms with E-state index in [1.165, 1.54) is 36.5 Å². The van der Waals surface area contributed by atoms with Crippen LogP contribution in [0.2, 0.25) is 0 Å². The van der Waals surface area contributed by atoms with Gasteiger partial charge in [-0.1, -0.05) is 115 Å². The summed E-state index contributed by atoms with van der Waals surface area (Å²) < 4.78 is 17.5. The van der Waals surface area contributed by atoms with Gasteiger partial charge in [0, 0.05) is 70.2 Å². The summed E-state index contributed by atoms with van der Waals surface area (Å²) in [6.45, 7) is 0. The fourth-order valence-corrected chi connectivity index (χ4v) is 10.9. The van der Waals surface area contributed by atoms with Crippen LogP contribution in [0.5, 0.6) is 0 Å². The highest BCUT2D eigenvalue weighted by Gasteiger charge is 2.21. The van der Waals surface area contributed by atoms with Crippen molar-refractivity contribution >= 4 is 97.2 Å². The van der Waals surface area contributed by atoms with E-state index >= 15 is 0 Å². The van der Waals surface area contributed by atoms with Gasteiger partial charge in [-0.15, -0.1) is 11.3 Å². The summed E-state index contributed by atoms with van der Waals surface area (Å²) in [7, 11) is 0. The molecule has 0 saturated carbocycles. The lowest BCUT2D eigenvalue weighted by Crippen LogP contribution is -2.02. The molecule has 5 heterocycles. The summed E-state index contributed by atoms with van der Waals surface area (Å²) in [5.74, 6) is 1.71. The third-order valence-electron chi connectivity index (χ3n) is 12.6. The predicted molar refractivity (Wildman–Crippen MR) is 263 cm³/mol. The molecule has 9 aromatic carbocycles. The Bertz CT molecular complexity index is 4080. The molecule has 298 valence electrons. The summed E-state index contributed by atoms with van der Waals surface area (Å²) in [6, 6.07) is 68.0. The van der Waals surface area contributed by atoms with Crippen molar-refractivity contribution in [2.24, 2.45) is 0 Å². The smallest absolute Gasteiger partial charge is 0.164 e. The van der Waals surface area contributed by atoms with Gasteiger partial charge < -0.3 is 13.4 Å². The molecule has 0 radical (unpaired) electrons. The number of thiophene rings is 1. The van der Waals surface area contributed by atoms with E-state index in [9.17, 15) is 0 Å². The molecule has 0 aliphatic heterocycles. The topological polar surface area (TPSA) is 69.9 Å². The Balaban J connectivity index is 1.05. The molecule has 0 unspecified atom stereocenters. The summed E-state index contributed by atoms with van der Waals surface area (Å²) >= 11 is 1.85. The molecule has 0 bridgehead atoms. The molecule has 0 saturated heterocycles. The van der Waals surface area contributed by atoms with Crippen LogP contribution in [0.3, 0.4) is 0 Å². The maximum Gasteiger partial charge on any atom is 0.164 e. The number of furan rings is 2. The Morgan fingerprint density at radius 2 is 0.875 bits per heavy atom. The van der Waals surface area contributed by atoms with Gasteiger partial charge in [-0.3, -0.25) is 0 Å². The van der Waals surface area contributed by atoms with Crippen molar-refractivity contribution in [2.75, 3.05) is 0 Å². The predicted octanol–water partition coefficient (Wildman–Crippen LogP) is 15.8. The highest BCUT2D eigenvalue weighted by molar-refractivity contribution is 7.26. The summed E-state index contributed by atoms with van der Waals surface area (Å²) in [5, 5.41) is 9.07. The lowest BCUT2D eigenvalue weighted by Gasteiger charge is -2.15. The quantitative estimate of drug-likeness (QED) is 0.173. The number of nitrogens with zero attached hydrogens (tertiary/aromatic N) is 4. The number of para-hydroxylation sites is 3. The SMILES string of the molecule is c1ccc(-c2cc(-c3nc(-c4ccc5oc6ccccc6c5c4)nc(-c4ccc5oc6ccccc6c5c4)n3)cc(-n3c4ccccc4c4ccc5c6ccccc6sc5c43)c2)cc1. The highest BCUT2D eigenvalue weighted by Crippen LogP contribution is 2.44. The lowest BCUT2D eigenvalue weighted by molar-refractivity contribution is 0.668. The highest BCUT2D eigenvalue weighted by atomic mass is 32.1. The van der Waals surface area contributed by atoms with Crippen LogP contribution in [-0.2, 0) is 0 Å². The Hall–Kier alpha value is -8.39. The van der Waals surface area contributed by atoms with Crippen molar-refractivity contribution in [1.29, 1.82) is 0 Å². The van der Waals surface area contributed by atoms with Crippen molar-refractivity contribution in [3.05, 3.63) is 194 Å². The van der Waals surface area contributed by atoms with Crippen molar-refractivity contribution in [1.82, 2.24) is 19.5 Å². The van der Waals surface area contributed by atoms with E-state index in [-0.39, 0.29) is 0 Å². The first-order valence-corrected chi connectivity index (χ1v) is 22.1. The molecule has 64 heavy (non-hydrogen) atoms. The second kappa shape index (κ2) is 13.6. The van der Waals surface area contributed by atoms with Crippen molar-refractivity contribution < 1.29 is 8.83 Å². The van der Waals surface area contributed by atoms with Crippen LogP contribution < -0.4 is 0 Å². The standard InChI is InChI=1S/C57H32N4O2S/c1-2-12-33(13-3-1)36-28-37(30-38(29-36)61-47-18-8-4-14-39(47)43-24-25-44-42-17-7-11-21-52(42)64-54(44)53(43)61)57-59-55(34-22-26-50-45(31-34)40-15-5-9-19-48(40)62-50)58-56(60-57)35-23-27-51-46(32-35)41-16-6-10-20-49(41)63-51/h1-32H. The van der Waals surface area contributed by atoms with Gasteiger partial charge in [-0.25, -0.2) is 15.0 Å². The molecular weight excluding hydrogens is 805 g/mol. The van der Waals surface area contributed by atoms with Crippen molar-refractivity contribution in [3.63, 3.8) is 0 Å². The van der Waals surface area contributed by atoms with Gasteiger partial charge in [0.05, 0.1) is 15.7 Å². The number of fused-ring (bicyclic) bond motifs is 13. The average molecular weight is 837 g/mol. The molecule has 0 atom stereocenters. The zero-order valence-corrected chi connectivity index (χ0v) is 34.8. The molecule has 0 amide bonds. The van der Waals surface area contributed by atoms with Crippen LogP contribution in [0, 0.1) is 0 Å². The Kier molecular flexibility index (Phi) is 7.46. The molecule has 6 nitrogen and oxygen atoms in total. The first kappa shape index (κ1) is 35.2. The zero-order chi connectivity index (χ0) is 41.9. The summed E-state index contributed by atoms with van der Waals surface area (Å²) in [5.41, 5.74) is 11.4. The second-order valence-electron chi connectivity index (χ2n) is 16.3. The van der Waals surface area contributed by atoms with Gasteiger partial charge in [-0.2, -0.15) is 0 Å². The van der Waals surface area contributed by atoms with Gasteiger partial charge in [-0.05, 0) is 90.0 Å². The van der Waals surface area contributed by atoms with Gasteiger partial charge in [0.15, 0.2) is 17.5 Å². The van der Waals surface area contributed by atoms with Crippen LogP contribution in [-0.4, -0.2) is 19.5 Å². The first-order chi connectivity index (χ1) is 31.7. The Morgan fingerprint density at radius 1 is 0.344 bits per heavy atom. The molecule has 7 heteroatoms. The van der Waals surface area contributed by atoms with Gasteiger partial charge in [0.2, 0.25) is 0 Å². The van der Waals surface area contributed by atoms with E-state index in [2.05, 4.69) is 138 Å². The second-order valence-corrected chi connectivity index (χ2v) is 17.4. The number of hydrogen-bond acceptors (Lipinski definition) is 6. The monoisotopic (exact) mass is 836 g/mol. The molecule has 0 aliphatic rings. The van der Waals surface area contributed by atoms with Gasteiger partial charge in [0.1, 0.15) is 22.3 Å². The van der Waals surface area contributed by atoms with E-state index < -0.39 is 0 Å². The third-order valence-corrected chi connectivity index (χ3v) is 13.8. The molecule has 5 aromatic heterocycles. The van der Waals surface area contributed by atoms with E-state index in [4.69, 9.17) is 23.8 Å². The summed E-state index contributed by atoms with van der Waals surface area (Å²) in [4.78, 5) is 16.0. The normalized spacial score (nSPS) is 12.1. The van der Waals surface area contributed by atoms with Crippen LogP contribution in [0.25, 0.3) is 137 Å². The molecular formula is C57H32N4O2S. The van der Waals surface area contributed by atoms with Crippen LogP contribution in [0.1, 0.15) is 0 Å². The number of rotatable bonds is 5. The molecule has 0 N–H and O–H groups in total. The molecule has 14 rings (SSSR count). The maximum atomic E-state index is 6.24. The third kappa shape index (κ3) is 5.35. The minimum Gasteiger partial charge on any atom is -0.456 e. The maximum absolute atomic E-state index is 6.24. The van der Waals surface area contributed by atoms with Crippen LogP contribution in [0.15, 0.2) is 203 Å². The fraction of sp³-hybridized carbons (Fsp3) is 0. The first-order valence-electron chi connectivity index (χ1n) is 21.3. The fourth-order valence-electron chi connectivity index (χ4n) is 9.66. The van der Waals surface area contributed by atoms with E-state index in [0.29, 0.717) is 17.5 Å². The van der Waals surface area contributed by atoms with Gasteiger partial charge in [0.25, 0.3) is 0 Å². The number of aromatic nitrogens is 4. The van der Waals surface area contributed by atoms with Gasteiger partial charge >= 0.3 is 0 Å². The molecule has 0 fully saturated rings. The largest absolute Gasteiger partial charge is 0.456 e. The van der Waals surface area contributed by atoms with Crippen LogP contribution in [0.4, 0.5) is 0 Å². The summed E-state index contributed by atoms with van der Waals surface area (Å²) in [6.07, 6.45) is 0. The molecule has 0 spiro atoms. The van der Waals surface area contributed by atoms with Crippen LogP contribution >= 0.6 is 11.3 Å². The van der Waals surface area contributed by atoms with E-state index in [1.807, 2.05) is 72.0 Å². The molecule has 0 aliphatic carbocycles. The van der Waals surface area contributed by atoms with E-state index in [0.717, 1.165) is 82.9 Å². The van der Waals surface area contributed by atoms with Crippen molar-refractivity contribution in [3.8, 4) is 51.0 Å². The zero-order valence-electron chi connectivity index (χ0n) is 34.0. The Labute approximate surface area is 368 Å². The minimum absolute atomic E-state index is 0.569. The molecule has 14 aromatic rings.